The average molecular weight is 414 g/mol. The summed E-state index contributed by atoms with van der Waals surface area (Å²) in [6.07, 6.45) is 1.84. The molecule has 0 bridgehead atoms. The number of carbonyl (C=O) groups excluding carboxylic acids is 1. The Kier molecular flexibility index (Phi) is 7.30. The number of hydrogen-bond donors (Lipinski definition) is 1. The molecule has 29 heavy (non-hydrogen) atoms. The van der Waals surface area contributed by atoms with Gasteiger partial charge in [-0.3, -0.25) is 4.79 Å². The van der Waals surface area contributed by atoms with E-state index in [0.717, 1.165) is 17.5 Å². The molecule has 0 saturated heterocycles. The van der Waals surface area contributed by atoms with Crippen LogP contribution in [0, 0.1) is 11.7 Å². The Hall–Kier alpha value is -2.80. The first kappa shape index (κ1) is 20.9. The van der Waals surface area contributed by atoms with E-state index in [-0.39, 0.29) is 11.7 Å². The molecule has 0 saturated carbocycles. The number of nitrogens with zero attached hydrogens (tertiary/aromatic N) is 2. The van der Waals surface area contributed by atoms with E-state index in [9.17, 15) is 9.18 Å². The van der Waals surface area contributed by atoms with Gasteiger partial charge in [0.25, 0.3) is 5.19 Å². The van der Waals surface area contributed by atoms with Crippen molar-refractivity contribution < 1.29 is 13.9 Å². The van der Waals surface area contributed by atoms with Crippen molar-refractivity contribution in [3.8, 4) is 10.9 Å². The number of carbonyl (C=O) groups is 1. The van der Waals surface area contributed by atoms with Crippen LogP contribution in [0.15, 0.2) is 48.5 Å². The molecule has 0 aliphatic rings. The van der Waals surface area contributed by atoms with Crippen LogP contribution < -0.4 is 10.1 Å². The molecule has 0 unspecified atom stereocenters. The number of nitrogens with one attached hydrogen (secondary N) is 1. The third-order valence-electron chi connectivity index (χ3n) is 4.26. The van der Waals surface area contributed by atoms with Gasteiger partial charge in [0.1, 0.15) is 11.6 Å². The number of rotatable bonds is 9. The summed E-state index contributed by atoms with van der Waals surface area (Å²) >= 11 is 1.17. The van der Waals surface area contributed by atoms with Crippen LogP contribution in [0.1, 0.15) is 37.2 Å². The smallest absolute Gasteiger partial charge is 0.298 e. The maximum Gasteiger partial charge on any atom is 0.298 e. The molecular formula is C22H24FN3O2S. The zero-order valence-electron chi connectivity index (χ0n) is 16.5. The Bertz CT molecular complexity index is 924. The molecular weight excluding hydrogens is 389 g/mol. The predicted octanol–water partition coefficient (Wildman–Crippen LogP) is 4.77. The monoisotopic (exact) mass is 413 g/mol. The van der Waals surface area contributed by atoms with Gasteiger partial charge in [0, 0.05) is 24.5 Å². The number of benzene rings is 2. The van der Waals surface area contributed by atoms with Crippen LogP contribution >= 0.6 is 11.5 Å². The van der Waals surface area contributed by atoms with Crippen LogP contribution in [0.25, 0.3) is 0 Å². The highest BCUT2D eigenvalue weighted by molar-refractivity contribution is 7.07. The minimum absolute atomic E-state index is 0.0221. The molecule has 0 spiro atoms. The van der Waals surface area contributed by atoms with E-state index in [0.29, 0.717) is 42.1 Å². The Morgan fingerprint density at radius 3 is 2.48 bits per heavy atom. The quantitative estimate of drug-likeness (QED) is 0.549. The summed E-state index contributed by atoms with van der Waals surface area (Å²) in [6, 6.07) is 13.7. The van der Waals surface area contributed by atoms with Crippen LogP contribution in [0.4, 0.5) is 4.39 Å². The fourth-order valence-corrected chi connectivity index (χ4v) is 3.23. The standard InChI is InChI=1S/C22H24FN3O2S/c1-15(2)11-12-24-21(27)14-17-5-9-19(10-6-17)28-22-25-20(26-29-22)13-16-3-7-18(23)8-4-16/h3-10,15H,11-14H2,1-2H3,(H,24,27). The molecule has 152 valence electrons. The van der Waals surface area contributed by atoms with Crippen molar-refractivity contribution in [2.24, 2.45) is 5.92 Å². The van der Waals surface area contributed by atoms with Crippen molar-refractivity contribution >= 4 is 17.4 Å². The van der Waals surface area contributed by atoms with E-state index >= 15 is 0 Å². The average Bonchev–Trinajstić information content (AvgIpc) is 3.12. The summed E-state index contributed by atoms with van der Waals surface area (Å²) in [5, 5.41) is 3.38. The molecule has 3 aromatic rings. The second kappa shape index (κ2) is 10.1. The maximum atomic E-state index is 13.0. The van der Waals surface area contributed by atoms with E-state index in [2.05, 4.69) is 28.5 Å². The fourth-order valence-electron chi connectivity index (χ4n) is 2.66. The summed E-state index contributed by atoms with van der Waals surface area (Å²) in [5.41, 5.74) is 1.86. The zero-order chi connectivity index (χ0) is 20.6. The van der Waals surface area contributed by atoms with E-state index in [1.165, 1.54) is 23.7 Å². The van der Waals surface area contributed by atoms with Crippen molar-refractivity contribution in [1.82, 2.24) is 14.7 Å². The normalized spacial score (nSPS) is 10.9. The lowest BCUT2D eigenvalue weighted by atomic mass is 10.1. The highest BCUT2D eigenvalue weighted by atomic mass is 32.1. The lowest BCUT2D eigenvalue weighted by molar-refractivity contribution is -0.120. The summed E-state index contributed by atoms with van der Waals surface area (Å²) < 4.78 is 23.0. The van der Waals surface area contributed by atoms with Crippen molar-refractivity contribution in [1.29, 1.82) is 0 Å². The number of ether oxygens (including phenoxy) is 1. The van der Waals surface area contributed by atoms with Gasteiger partial charge < -0.3 is 10.1 Å². The van der Waals surface area contributed by atoms with Crippen LogP contribution in [0.2, 0.25) is 0 Å². The summed E-state index contributed by atoms with van der Waals surface area (Å²) in [7, 11) is 0. The molecule has 0 atom stereocenters. The van der Waals surface area contributed by atoms with Gasteiger partial charge in [0.05, 0.1) is 6.42 Å². The van der Waals surface area contributed by atoms with Gasteiger partial charge in [0.15, 0.2) is 5.82 Å². The summed E-state index contributed by atoms with van der Waals surface area (Å²) in [5.74, 6) is 1.60. The van der Waals surface area contributed by atoms with Gasteiger partial charge >= 0.3 is 0 Å². The second-order valence-corrected chi connectivity index (χ2v) is 7.95. The molecule has 0 fully saturated rings. The minimum Gasteiger partial charge on any atom is -0.430 e. The molecule has 1 heterocycles. The largest absolute Gasteiger partial charge is 0.430 e. The van der Waals surface area contributed by atoms with E-state index in [4.69, 9.17) is 4.74 Å². The number of halogens is 1. The molecule has 0 aliphatic carbocycles. The SMILES string of the molecule is CC(C)CCNC(=O)Cc1ccc(Oc2nc(Cc3ccc(F)cc3)ns2)cc1. The third-order valence-corrected chi connectivity index (χ3v) is 4.89. The maximum absolute atomic E-state index is 13.0. The zero-order valence-corrected chi connectivity index (χ0v) is 17.3. The summed E-state index contributed by atoms with van der Waals surface area (Å²) in [4.78, 5) is 16.3. The van der Waals surface area contributed by atoms with Gasteiger partial charge in [0.2, 0.25) is 5.91 Å². The summed E-state index contributed by atoms with van der Waals surface area (Å²) in [6.45, 7) is 4.97. The van der Waals surface area contributed by atoms with Crippen LogP contribution in [-0.4, -0.2) is 21.8 Å². The fraction of sp³-hybridized carbons (Fsp3) is 0.318. The minimum atomic E-state index is -0.263. The predicted molar refractivity (Wildman–Crippen MR) is 112 cm³/mol. The molecule has 0 aliphatic heterocycles. The van der Waals surface area contributed by atoms with Gasteiger partial charge in [-0.1, -0.05) is 38.1 Å². The number of amides is 1. The van der Waals surface area contributed by atoms with Gasteiger partial charge in [-0.2, -0.15) is 9.36 Å². The lowest BCUT2D eigenvalue weighted by Crippen LogP contribution is -2.26. The van der Waals surface area contributed by atoms with E-state index in [1.54, 1.807) is 12.1 Å². The van der Waals surface area contributed by atoms with Crippen molar-refractivity contribution in [2.45, 2.75) is 33.1 Å². The van der Waals surface area contributed by atoms with Gasteiger partial charge in [-0.25, -0.2) is 4.39 Å². The molecule has 1 amide bonds. The molecule has 3 rings (SSSR count). The molecule has 7 heteroatoms. The Morgan fingerprint density at radius 1 is 1.10 bits per heavy atom. The van der Waals surface area contributed by atoms with Gasteiger partial charge in [-0.05, 0) is 47.7 Å². The highest BCUT2D eigenvalue weighted by Gasteiger charge is 2.09. The Morgan fingerprint density at radius 2 is 1.79 bits per heavy atom. The molecule has 1 N–H and O–H groups in total. The second-order valence-electron chi connectivity index (χ2n) is 7.24. The molecule has 0 radical (unpaired) electrons. The molecule has 1 aromatic heterocycles. The van der Waals surface area contributed by atoms with E-state index < -0.39 is 0 Å². The lowest BCUT2D eigenvalue weighted by Gasteiger charge is -2.07. The molecule has 2 aromatic carbocycles. The van der Waals surface area contributed by atoms with Crippen molar-refractivity contribution in [3.05, 3.63) is 71.3 Å². The first-order chi connectivity index (χ1) is 14.0. The van der Waals surface area contributed by atoms with Crippen LogP contribution in [-0.2, 0) is 17.6 Å². The number of aromatic nitrogens is 2. The third kappa shape index (κ3) is 6.94. The van der Waals surface area contributed by atoms with Crippen molar-refractivity contribution in [3.63, 3.8) is 0 Å². The van der Waals surface area contributed by atoms with Gasteiger partial charge in [-0.15, -0.1) is 0 Å². The first-order valence-corrected chi connectivity index (χ1v) is 10.4. The van der Waals surface area contributed by atoms with Crippen LogP contribution in [0.5, 0.6) is 10.9 Å². The topological polar surface area (TPSA) is 64.1 Å². The highest BCUT2D eigenvalue weighted by Crippen LogP contribution is 2.24. The molecule has 5 nitrogen and oxygen atoms in total. The van der Waals surface area contributed by atoms with E-state index in [1.807, 2.05) is 24.3 Å². The Labute approximate surface area is 174 Å². The number of hydrogen-bond acceptors (Lipinski definition) is 5. The van der Waals surface area contributed by atoms with Crippen LogP contribution in [0.3, 0.4) is 0 Å². The Balaban J connectivity index is 1.50. The first-order valence-electron chi connectivity index (χ1n) is 9.58. The van der Waals surface area contributed by atoms with Crippen molar-refractivity contribution in [2.75, 3.05) is 6.54 Å².